The summed E-state index contributed by atoms with van der Waals surface area (Å²) >= 11 is 0. The molecule has 2 aromatic rings. The van der Waals surface area contributed by atoms with E-state index in [0.717, 1.165) is 56.7 Å². The molecule has 0 aromatic heterocycles. The molecular weight excluding hydrogens is 456 g/mol. The fourth-order valence-electron chi connectivity index (χ4n) is 5.06. The van der Waals surface area contributed by atoms with Crippen molar-refractivity contribution in [2.24, 2.45) is 0 Å². The molecule has 0 fully saturated rings. The minimum Gasteiger partial charge on any atom is -0.473 e. The number of rotatable bonds is 4. The van der Waals surface area contributed by atoms with Gasteiger partial charge in [0.25, 0.3) is 0 Å². The summed E-state index contributed by atoms with van der Waals surface area (Å²) in [5.74, 6) is 2.17. The third-order valence-electron chi connectivity index (χ3n) is 6.99. The fraction of sp³-hybridized carbons (Fsp3) is 0.394. The van der Waals surface area contributed by atoms with Crippen LogP contribution < -0.4 is 9.80 Å². The van der Waals surface area contributed by atoms with Crippen molar-refractivity contribution in [2.75, 3.05) is 36.4 Å². The van der Waals surface area contributed by atoms with E-state index < -0.39 is 0 Å². The third kappa shape index (κ3) is 6.49. The van der Waals surface area contributed by atoms with Crippen molar-refractivity contribution < 1.29 is 10.9 Å². The van der Waals surface area contributed by atoms with Crippen LogP contribution in [0, 0.1) is 0 Å². The van der Waals surface area contributed by atoms with Gasteiger partial charge in [-0.15, -0.1) is 0 Å². The van der Waals surface area contributed by atoms with Crippen LogP contribution in [0.5, 0.6) is 0 Å². The summed E-state index contributed by atoms with van der Waals surface area (Å²) in [6.07, 6.45) is 14.1. The number of allylic oxidation sites excluding steroid dienone is 4. The minimum absolute atomic E-state index is 0. The highest BCUT2D eigenvalue weighted by atomic mass is 16.5. The van der Waals surface area contributed by atoms with Crippen LogP contribution in [0.1, 0.15) is 65.9 Å². The van der Waals surface area contributed by atoms with Gasteiger partial charge in [0, 0.05) is 25.9 Å². The Balaban J connectivity index is 0.000000766. The van der Waals surface area contributed by atoms with Crippen LogP contribution >= 0.6 is 0 Å². The summed E-state index contributed by atoms with van der Waals surface area (Å²) in [5, 5.41) is 0. The summed E-state index contributed by atoms with van der Waals surface area (Å²) < 4.78 is 11.9. The molecular formula is C33H44N2O2. The van der Waals surface area contributed by atoms with E-state index in [-0.39, 0.29) is 1.43 Å². The number of ether oxygens (including phenoxy) is 2. The Bertz CT molecular complexity index is 1060. The molecule has 198 valence electrons. The molecule has 0 atom stereocenters. The van der Waals surface area contributed by atoms with Crippen LogP contribution in [-0.4, -0.2) is 26.6 Å². The molecule has 37 heavy (non-hydrogen) atoms. The molecule has 4 heteroatoms. The van der Waals surface area contributed by atoms with Gasteiger partial charge in [-0.05, 0) is 90.8 Å². The SMILES string of the molecule is C1=CC2=C(CC1)CN(c1ccc(Cc3ccc(N4COC5=C(CCC=C5)C4)cc3)cc1)CO2.CC.CC.[HH]. The second kappa shape index (κ2) is 13.2. The molecule has 0 radical (unpaired) electrons. The van der Waals surface area contributed by atoms with Gasteiger partial charge >= 0.3 is 0 Å². The second-order valence-electron chi connectivity index (χ2n) is 9.27. The molecule has 2 aromatic carbocycles. The molecule has 4 nitrogen and oxygen atoms in total. The topological polar surface area (TPSA) is 24.9 Å². The molecule has 0 saturated heterocycles. The van der Waals surface area contributed by atoms with Gasteiger partial charge in [-0.25, -0.2) is 0 Å². The lowest BCUT2D eigenvalue weighted by Gasteiger charge is -2.33. The van der Waals surface area contributed by atoms with Crippen molar-refractivity contribution in [1.29, 1.82) is 0 Å². The maximum atomic E-state index is 5.97. The Morgan fingerprint density at radius 3 is 1.43 bits per heavy atom. The molecule has 0 spiro atoms. The zero-order chi connectivity index (χ0) is 26.0. The van der Waals surface area contributed by atoms with E-state index in [1.54, 1.807) is 0 Å². The third-order valence-corrected chi connectivity index (χ3v) is 6.99. The predicted octanol–water partition coefficient (Wildman–Crippen LogP) is 8.37. The highest BCUT2D eigenvalue weighted by molar-refractivity contribution is 5.53. The molecule has 0 N–H and O–H groups in total. The van der Waals surface area contributed by atoms with Crippen molar-refractivity contribution in [3.63, 3.8) is 0 Å². The number of hydrogen-bond acceptors (Lipinski definition) is 4. The van der Waals surface area contributed by atoms with Crippen LogP contribution in [-0.2, 0) is 15.9 Å². The van der Waals surface area contributed by atoms with Gasteiger partial charge in [-0.2, -0.15) is 0 Å². The Hall–Kier alpha value is -3.40. The van der Waals surface area contributed by atoms with Crippen LogP contribution in [0.15, 0.2) is 95.5 Å². The minimum atomic E-state index is 0. The van der Waals surface area contributed by atoms with Gasteiger partial charge in [0.05, 0.1) is 0 Å². The normalized spacial score (nSPS) is 17.9. The molecule has 2 aliphatic heterocycles. The average Bonchev–Trinajstić information content (AvgIpc) is 2.99. The quantitative estimate of drug-likeness (QED) is 0.421. The summed E-state index contributed by atoms with van der Waals surface area (Å²) in [6, 6.07) is 17.9. The predicted molar refractivity (Wildman–Crippen MR) is 158 cm³/mol. The van der Waals surface area contributed by atoms with E-state index in [4.69, 9.17) is 9.47 Å². The first-order valence-corrected chi connectivity index (χ1v) is 14.0. The van der Waals surface area contributed by atoms with Crippen LogP contribution in [0.3, 0.4) is 0 Å². The maximum absolute atomic E-state index is 5.97. The first-order valence-electron chi connectivity index (χ1n) is 14.0. The fourth-order valence-corrected chi connectivity index (χ4v) is 5.06. The summed E-state index contributed by atoms with van der Waals surface area (Å²) in [6.45, 7) is 11.2. The van der Waals surface area contributed by atoms with E-state index in [9.17, 15) is 0 Å². The number of nitrogens with zero attached hydrogens (tertiary/aromatic N) is 2. The standard InChI is InChI=1S/C29H30N2O2.2C2H6.H2/c1-3-7-28-24(5-1)18-30(20-32-28)26-13-9-22(10-14-26)17-23-11-15-27(16-12-23)31-19-25-6-2-4-8-29(25)33-21-31;2*1-2;/h3-4,7-16H,1-2,5-6,17-21H2;2*1-2H3;1H. The number of hydrogen-bond donors (Lipinski definition) is 0. The number of benzene rings is 2. The highest BCUT2D eigenvalue weighted by Gasteiger charge is 2.21. The van der Waals surface area contributed by atoms with Crippen LogP contribution in [0.2, 0.25) is 0 Å². The lowest BCUT2D eigenvalue weighted by Crippen LogP contribution is -2.33. The zero-order valence-electron chi connectivity index (χ0n) is 23.0. The van der Waals surface area contributed by atoms with E-state index in [1.807, 2.05) is 27.7 Å². The lowest BCUT2D eigenvalue weighted by molar-refractivity contribution is 0.203. The molecule has 0 unspecified atom stereocenters. The van der Waals surface area contributed by atoms with Crippen molar-refractivity contribution in [3.05, 3.63) is 107 Å². The first-order chi connectivity index (χ1) is 18.3. The Labute approximate surface area is 225 Å². The molecule has 0 bridgehead atoms. The van der Waals surface area contributed by atoms with Crippen molar-refractivity contribution in [3.8, 4) is 0 Å². The Morgan fingerprint density at radius 2 is 1.03 bits per heavy atom. The van der Waals surface area contributed by atoms with Crippen LogP contribution in [0.4, 0.5) is 11.4 Å². The highest BCUT2D eigenvalue weighted by Crippen LogP contribution is 2.30. The van der Waals surface area contributed by atoms with Gasteiger partial charge in [-0.3, -0.25) is 0 Å². The summed E-state index contributed by atoms with van der Waals surface area (Å²) in [7, 11) is 0. The molecule has 0 saturated carbocycles. The van der Waals surface area contributed by atoms with Gasteiger partial charge in [0.1, 0.15) is 11.5 Å². The summed E-state index contributed by atoms with van der Waals surface area (Å²) in [4.78, 5) is 4.64. The van der Waals surface area contributed by atoms with E-state index in [1.165, 1.54) is 33.6 Å². The smallest absolute Gasteiger partial charge is 0.161 e. The van der Waals surface area contributed by atoms with Gasteiger partial charge in [0.2, 0.25) is 0 Å². The molecule has 0 amide bonds. The molecule has 6 rings (SSSR count). The molecule has 2 aliphatic carbocycles. The van der Waals surface area contributed by atoms with E-state index in [2.05, 4.69) is 82.6 Å². The second-order valence-corrected chi connectivity index (χ2v) is 9.27. The van der Waals surface area contributed by atoms with Gasteiger partial charge in [-0.1, -0.05) is 64.1 Å². The van der Waals surface area contributed by atoms with E-state index >= 15 is 0 Å². The Morgan fingerprint density at radius 1 is 0.622 bits per heavy atom. The summed E-state index contributed by atoms with van der Waals surface area (Å²) in [5.41, 5.74) is 7.95. The van der Waals surface area contributed by atoms with Crippen LogP contribution in [0.25, 0.3) is 0 Å². The van der Waals surface area contributed by atoms with Crippen molar-refractivity contribution >= 4 is 11.4 Å². The average molecular weight is 501 g/mol. The maximum Gasteiger partial charge on any atom is 0.161 e. The molecule has 2 heterocycles. The van der Waals surface area contributed by atoms with Crippen molar-refractivity contribution in [2.45, 2.75) is 59.8 Å². The van der Waals surface area contributed by atoms with Gasteiger partial charge in [0.15, 0.2) is 13.5 Å². The lowest BCUT2D eigenvalue weighted by atomic mass is 10.0. The van der Waals surface area contributed by atoms with Crippen molar-refractivity contribution in [1.82, 2.24) is 0 Å². The van der Waals surface area contributed by atoms with Gasteiger partial charge < -0.3 is 19.3 Å². The largest absolute Gasteiger partial charge is 0.473 e. The monoisotopic (exact) mass is 500 g/mol. The molecule has 4 aliphatic rings. The number of anilines is 2. The first kappa shape index (κ1) is 26.7. The van der Waals surface area contributed by atoms with E-state index in [0.29, 0.717) is 13.5 Å². The zero-order valence-corrected chi connectivity index (χ0v) is 23.0. The Kier molecular flexibility index (Phi) is 9.53.